The van der Waals surface area contributed by atoms with Crippen molar-refractivity contribution in [1.29, 1.82) is 0 Å². The van der Waals surface area contributed by atoms with Crippen LogP contribution in [0.15, 0.2) is 46.9 Å². The zero-order valence-electron chi connectivity index (χ0n) is 10.4. The molecule has 0 aliphatic carbocycles. The van der Waals surface area contributed by atoms with Crippen LogP contribution in [-0.2, 0) is 6.54 Å². The first-order valence-electron chi connectivity index (χ1n) is 5.98. The molecule has 0 fully saturated rings. The fourth-order valence-corrected chi connectivity index (χ4v) is 2.39. The third kappa shape index (κ3) is 2.31. The average molecular weight is 273 g/mol. The molecule has 0 aliphatic heterocycles. The Morgan fingerprint density at radius 2 is 2.05 bits per heavy atom. The van der Waals surface area contributed by atoms with Crippen molar-refractivity contribution in [3.05, 3.63) is 64.2 Å². The normalized spacial score (nSPS) is 11.1. The van der Waals surface area contributed by atoms with Crippen LogP contribution in [0.4, 0.5) is 4.39 Å². The molecule has 0 radical (unpaired) electrons. The van der Waals surface area contributed by atoms with Crippen molar-refractivity contribution in [3.63, 3.8) is 0 Å². The molecular formula is C15H12FNOS. The summed E-state index contributed by atoms with van der Waals surface area (Å²) in [7, 11) is 0. The van der Waals surface area contributed by atoms with E-state index < -0.39 is 0 Å². The Kier molecular flexibility index (Phi) is 2.95. The Bertz CT molecular complexity index is 803. The topological polar surface area (TPSA) is 18.1 Å². The number of benzene rings is 2. The highest BCUT2D eigenvalue weighted by molar-refractivity contribution is 7.71. The highest BCUT2D eigenvalue weighted by Crippen LogP contribution is 2.20. The highest BCUT2D eigenvalue weighted by Gasteiger charge is 2.07. The van der Waals surface area contributed by atoms with Crippen LogP contribution < -0.4 is 0 Å². The van der Waals surface area contributed by atoms with E-state index in [-0.39, 0.29) is 5.82 Å². The number of fused-ring (bicyclic) bond motifs is 1. The summed E-state index contributed by atoms with van der Waals surface area (Å²) >= 11 is 5.23. The fourth-order valence-electron chi connectivity index (χ4n) is 2.14. The predicted octanol–water partition coefficient (Wildman–Crippen LogP) is 4.46. The van der Waals surface area contributed by atoms with Crippen molar-refractivity contribution in [1.82, 2.24) is 4.57 Å². The molecule has 1 heterocycles. The Morgan fingerprint density at radius 1 is 1.21 bits per heavy atom. The van der Waals surface area contributed by atoms with Gasteiger partial charge in [0.25, 0.3) is 4.84 Å². The molecule has 0 spiro atoms. The molecule has 19 heavy (non-hydrogen) atoms. The minimum Gasteiger partial charge on any atom is -0.429 e. The van der Waals surface area contributed by atoms with Crippen molar-refractivity contribution in [3.8, 4) is 0 Å². The zero-order chi connectivity index (χ0) is 13.4. The molecule has 96 valence electrons. The first kappa shape index (κ1) is 12.1. The molecule has 2 aromatic carbocycles. The second kappa shape index (κ2) is 4.63. The van der Waals surface area contributed by atoms with E-state index in [1.54, 1.807) is 6.07 Å². The van der Waals surface area contributed by atoms with Gasteiger partial charge >= 0.3 is 0 Å². The first-order valence-corrected chi connectivity index (χ1v) is 6.39. The number of rotatable bonds is 2. The monoisotopic (exact) mass is 273 g/mol. The van der Waals surface area contributed by atoms with E-state index >= 15 is 0 Å². The third-order valence-electron chi connectivity index (χ3n) is 3.05. The molecule has 0 amide bonds. The van der Waals surface area contributed by atoms with Crippen molar-refractivity contribution < 1.29 is 8.81 Å². The van der Waals surface area contributed by atoms with Gasteiger partial charge in [0.2, 0.25) is 0 Å². The van der Waals surface area contributed by atoms with Crippen LogP contribution in [-0.4, -0.2) is 4.57 Å². The van der Waals surface area contributed by atoms with Gasteiger partial charge in [-0.3, -0.25) is 4.57 Å². The summed E-state index contributed by atoms with van der Waals surface area (Å²) < 4.78 is 20.6. The van der Waals surface area contributed by atoms with Crippen LogP contribution in [0.25, 0.3) is 11.1 Å². The van der Waals surface area contributed by atoms with E-state index in [9.17, 15) is 4.39 Å². The molecule has 0 saturated carbocycles. The number of hydrogen-bond acceptors (Lipinski definition) is 2. The molecule has 4 heteroatoms. The lowest BCUT2D eigenvalue weighted by molar-refractivity contribution is 0.547. The van der Waals surface area contributed by atoms with Gasteiger partial charge in [-0.05, 0) is 54.5 Å². The Morgan fingerprint density at radius 3 is 2.84 bits per heavy atom. The van der Waals surface area contributed by atoms with Crippen LogP contribution in [0.3, 0.4) is 0 Å². The molecule has 3 rings (SSSR count). The van der Waals surface area contributed by atoms with Gasteiger partial charge in [0.1, 0.15) is 5.82 Å². The quantitative estimate of drug-likeness (QED) is 0.642. The van der Waals surface area contributed by atoms with Crippen molar-refractivity contribution in [2.24, 2.45) is 0 Å². The minimum absolute atomic E-state index is 0.243. The van der Waals surface area contributed by atoms with Crippen LogP contribution >= 0.6 is 12.2 Å². The van der Waals surface area contributed by atoms with Gasteiger partial charge in [-0.1, -0.05) is 18.2 Å². The second-order valence-electron chi connectivity index (χ2n) is 4.56. The van der Waals surface area contributed by atoms with Crippen molar-refractivity contribution in [2.75, 3.05) is 0 Å². The maximum absolute atomic E-state index is 13.2. The molecule has 2 nitrogen and oxygen atoms in total. The number of halogens is 1. The standard InChI is InChI=1S/C15H12FNOS/c1-10-5-6-14-13(7-10)17(15(19)18-14)9-11-3-2-4-12(16)8-11/h2-8H,9H2,1H3. The Labute approximate surface area is 115 Å². The van der Waals surface area contributed by atoms with Gasteiger partial charge in [0.05, 0.1) is 12.1 Å². The Balaban J connectivity index is 2.12. The van der Waals surface area contributed by atoms with E-state index in [0.29, 0.717) is 11.4 Å². The molecular weight excluding hydrogens is 261 g/mol. The lowest BCUT2D eigenvalue weighted by Gasteiger charge is -2.04. The molecule has 0 N–H and O–H groups in total. The predicted molar refractivity (Wildman–Crippen MR) is 75.3 cm³/mol. The summed E-state index contributed by atoms with van der Waals surface area (Å²) in [5.74, 6) is -0.243. The van der Waals surface area contributed by atoms with E-state index in [4.69, 9.17) is 16.6 Å². The molecule has 3 aromatic rings. The summed E-state index contributed by atoms with van der Waals surface area (Å²) in [6, 6.07) is 12.4. The average Bonchev–Trinajstić information content (AvgIpc) is 2.66. The van der Waals surface area contributed by atoms with E-state index in [1.807, 2.05) is 35.8 Å². The SMILES string of the molecule is Cc1ccc2oc(=S)n(Cc3cccc(F)c3)c2c1. The molecule has 1 aromatic heterocycles. The van der Waals surface area contributed by atoms with Crippen LogP contribution in [0.5, 0.6) is 0 Å². The van der Waals surface area contributed by atoms with Gasteiger partial charge in [0, 0.05) is 0 Å². The summed E-state index contributed by atoms with van der Waals surface area (Å²) in [5, 5.41) is 0. The molecule has 0 bridgehead atoms. The maximum Gasteiger partial charge on any atom is 0.269 e. The lowest BCUT2D eigenvalue weighted by atomic mass is 10.2. The van der Waals surface area contributed by atoms with E-state index in [1.165, 1.54) is 12.1 Å². The van der Waals surface area contributed by atoms with E-state index in [2.05, 4.69) is 0 Å². The van der Waals surface area contributed by atoms with Crippen LogP contribution in [0, 0.1) is 17.6 Å². The maximum atomic E-state index is 13.2. The lowest BCUT2D eigenvalue weighted by Crippen LogP contribution is -1.99. The van der Waals surface area contributed by atoms with Crippen molar-refractivity contribution >= 4 is 23.3 Å². The molecule has 0 unspecified atom stereocenters. The second-order valence-corrected chi connectivity index (χ2v) is 4.90. The van der Waals surface area contributed by atoms with Gasteiger partial charge in [-0.2, -0.15) is 0 Å². The molecule has 0 aliphatic rings. The summed E-state index contributed by atoms with van der Waals surface area (Å²) in [4.78, 5) is 0.407. The van der Waals surface area contributed by atoms with Crippen LogP contribution in [0.2, 0.25) is 0 Å². The number of nitrogens with zero attached hydrogens (tertiary/aromatic N) is 1. The number of oxazole rings is 1. The Hall–Kier alpha value is -1.94. The smallest absolute Gasteiger partial charge is 0.269 e. The minimum atomic E-state index is -0.243. The van der Waals surface area contributed by atoms with E-state index in [0.717, 1.165) is 22.2 Å². The molecule has 0 saturated heterocycles. The van der Waals surface area contributed by atoms with Gasteiger partial charge in [-0.25, -0.2) is 4.39 Å². The number of hydrogen-bond donors (Lipinski definition) is 0. The number of aromatic nitrogens is 1. The number of aryl methyl sites for hydroxylation is 1. The van der Waals surface area contributed by atoms with Gasteiger partial charge < -0.3 is 4.42 Å². The zero-order valence-corrected chi connectivity index (χ0v) is 11.2. The summed E-state index contributed by atoms with van der Waals surface area (Å²) in [5.41, 5.74) is 3.69. The molecule has 0 atom stereocenters. The third-order valence-corrected chi connectivity index (χ3v) is 3.36. The largest absolute Gasteiger partial charge is 0.429 e. The highest BCUT2D eigenvalue weighted by atomic mass is 32.1. The fraction of sp³-hybridized carbons (Fsp3) is 0.133. The van der Waals surface area contributed by atoms with Crippen molar-refractivity contribution in [2.45, 2.75) is 13.5 Å². The summed E-state index contributed by atoms with van der Waals surface area (Å²) in [6.45, 7) is 2.52. The summed E-state index contributed by atoms with van der Waals surface area (Å²) in [6.07, 6.45) is 0. The van der Waals surface area contributed by atoms with Gasteiger partial charge in [0.15, 0.2) is 5.58 Å². The first-order chi connectivity index (χ1) is 9.13. The van der Waals surface area contributed by atoms with Gasteiger partial charge in [-0.15, -0.1) is 0 Å². The van der Waals surface area contributed by atoms with Crippen LogP contribution in [0.1, 0.15) is 11.1 Å².